The molecule has 0 saturated carbocycles. The standard InChI is InChI=1S/C5H8O3/c1-3-4(2)8-5(6)7/h3H,1-2H3,(H,6,7)/b4-3-. The zero-order valence-electron chi connectivity index (χ0n) is 4.84. The molecule has 0 aromatic heterocycles. The predicted octanol–water partition coefficient (Wildman–Crippen LogP) is 1.60. The second kappa shape index (κ2) is 3.07. The van der Waals surface area contributed by atoms with E-state index in [1.807, 2.05) is 0 Å². The molecule has 0 aliphatic heterocycles. The fourth-order valence-electron chi connectivity index (χ4n) is 0.197. The third kappa shape index (κ3) is 3.21. The first-order chi connectivity index (χ1) is 3.66. The lowest BCUT2D eigenvalue weighted by atomic mass is 10.5. The van der Waals surface area contributed by atoms with Crippen molar-refractivity contribution in [3.05, 3.63) is 11.8 Å². The van der Waals surface area contributed by atoms with Gasteiger partial charge in [0.2, 0.25) is 0 Å². The van der Waals surface area contributed by atoms with Crippen molar-refractivity contribution in [2.24, 2.45) is 0 Å². The summed E-state index contributed by atoms with van der Waals surface area (Å²) in [6.07, 6.45) is 0.314. The Morgan fingerprint density at radius 3 is 2.38 bits per heavy atom. The molecule has 0 unspecified atom stereocenters. The van der Waals surface area contributed by atoms with Crippen molar-refractivity contribution >= 4 is 6.16 Å². The predicted molar refractivity (Wildman–Crippen MR) is 28.5 cm³/mol. The number of allylic oxidation sites excluding steroid dienone is 2. The van der Waals surface area contributed by atoms with Crippen LogP contribution in [0.5, 0.6) is 0 Å². The van der Waals surface area contributed by atoms with Crippen LogP contribution in [-0.4, -0.2) is 11.3 Å². The molecule has 0 fully saturated rings. The maximum absolute atomic E-state index is 9.71. The monoisotopic (exact) mass is 116 g/mol. The van der Waals surface area contributed by atoms with E-state index in [-0.39, 0.29) is 0 Å². The van der Waals surface area contributed by atoms with Gasteiger partial charge in [0.15, 0.2) is 0 Å². The molecule has 0 aliphatic rings. The van der Waals surface area contributed by atoms with Crippen LogP contribution in [0.2, 0.25) is 0 Å². The summed E-state index contributed by atoms with van der Waals surface area (Å²) in [6.45, 7) is 3.28. The van der Waals surface area contributed by atoms with Crippen molar-refractivity contribution in [1.29, 1.82) is 0 Å². The van der Waals surface area contributed by atoms with Crippen molar-refractivity contribution in [1.82, 2.24) is 0 Å². The van der Waals surface area contributed by atoms with Crippen molar-refractivity contribution in [3.8, 4) is 0 Å². The van der Waals surface area contributed by atoms with Crippen LogP contribution in [0.4, 0.5) is 4.79 Å². The van der Waals surface area contributed by atoms with E-state index in [2.05, 4.69) is 4.74 Å². The summed E-state index contributed by atoms with van der Waals surface area (Å²) in [6, 6.07) is 0. The van der Waals surface area contributed by atoms with E-state index in [1.165, 1.54) is 0 Å². The summed E-state index contributed by atoms with van der Waals surface area (Å²) in [7, 11) is 0. The van der Waals surface area contributed by atoms with Gasteiger partial charge >= 0.3 is 6.16 Å². The quantitative estimate of drug-likeness (QED) is 0.418. The number of carbonyl (C=O) groups is 1. The van der Waals surface area contributed by atoms with Crippen molar-refractivity contribution in [2.75, 3.05) is 0 Å². The summed E-state index contributed by atoms with van der Waals surface area (Å²) in [4.78, 5) is 9.71. The van der Waals surface area contributed by atoms with Crippen LogP contribution in [0.15, 0.2) is 11.8 Å². The SMILES string of the molecule is C/C=C(/C)OC(=O)O. The van der Waals surface area contributed by atoms with Crippen molar-refractivity contribution in [3.63, 3.8) is 0 Å². The van der Waals surface area contributed by atoms with Gasteiger partial charge in [-0.2, -0.15) is 0 Å². The average molecular weight is 116 g/mol. The second-order valence-corrected chi connectivity index (χ2v) is 1.27. The van der Waals surface area contributed by atoms with E-state index < -0.39 is 6.16 Å². The lowest BCUT2D eigenvalue weighted by molar-refractivity contribution is 0.119. The molecule has 0 heterocycles. The Kier molecular flexibility index (Phi) is 2.69. The van der Waals surface area contributed by atoms with Crippen LogP contribution >= 0.6 is 0 Å². The third-order valence-corrected chi connectivity index (χ3v) is 0.655. The summed E-state index contributed by atoms with van der Waals surface area (Å²) >= 11 is 0. The second-order valence-electron chi connectivity index (χ2n) is 1.27. The molecule has 46 valence electrons. The highest BCUT2D eigenvalue weighted by Gasteiger charge is 1.94. The van der Waals surface area contributed by atoms with Gasteiger partial charge in [-0.25, -0.2) is 4.79 Å². The molecule has 0 rings (SSSR count). The molecule has 0 spiro atoms. The Balaban J connectivity index is 3.56. The lowest BCUT2D eigenvalue weighted by Gasteiger charge is -1.94. The van der Waals surface area contributed by atoms with Gasteiger partial charge in [-0.1, -0.05) is 0 Å². The number of ether oxygens (including phenoxy) is 1. The molecule has 0 atom stereocenters. The number of hydrogen-bond donors (Lipinski definition) is 1. The van der Waals surface area contributed by atoms with Gasteiger partial charge in [0.1, 0.15) is 5.76 Å². The molecule has 8 heavy (non-hydrogen) atoms. The van der Waals surface area contributed by atoms with Gasteiger partial charge in [0.05, 0.1) is 0 Å². The Labute approximate surface area is 47.6 Å². The number of hydrogen-bond acceptors (Lipinski definition) is 2. The third-order valence-electron chi connectivity index (χ3n) is 0.655. The first-order valence-electron chi connectivity index (χ1n) is 2.20. The van der Waals surface area contributed by atoms with Crippen molar-refractivity contribution < 1.29 is 14.6 Å². The Hall–Kier alpha value is -0.990. The molecule has 0 aromatic carbocycles. The molecule has 0 bridgehead atoms. The van der Waals surface area contributed by atoms with Crippen LogP contribution in [0.1, 0.15) is 13.8 Å². The van der Waals surface area contributed by atoms with E-state index in [0.717, 1.165) is 0 Å². The van der Waals surface area contributed by atoms with Gasteiger partial charge < -0.3 is 9.84 Å². The minimum absolute atomic E-state index is 0.400. The van der Waals surface area contributed by atoms with E-state index in [0.29, 0.717) is 5.76 Å². The summed E-state index contributed by atoms with van der Waals surface area (Å²) < 4.78 is 4.18. The highest BCUT2D eigenvalue weighted by Crippen LogP contribution is 1.92. The van der Waals surface area contributed by atoms with Crippen LogP contribution in [0.3, 0.4) is 0 Å². The Bertz CT molecular complexity index is 115. The molecule has 3 nitrogen and oxygen atoms in total. The molecule has 0 aromatic rings. The molecule has 1 N–H and O–H groups in total. The van der Waals surface area contributed by atoms with E-state index in [1.54, 1.807) is 19.9 Å². The topological polar surface area (TPSA) is 46.5 Å². The fourth-order valence-corrected chi connectivity index (χ4v) is 0.197. The van der Waals surface area contributed by atoms with E-state index in [4.69, 9.17) is 5.11 Å². The van der Waals surface area contributed by atoms with Gasteiger partial charge in [0.25, 0.3) is 0 Å². The summed E-state index contributed by atoms with van der Waals surface area (Å²) in [5.74, 6) is 0.400. The maximum Gasteiger partial charge on any atom is 0.510 e. The average Bonchev–Trinajstić information content (AvgIpc) is 1.65. The molecule has 0 aliphatic carbocycles. The van der Waals surface area contributed by atoms with E-state index in [9.17, 15) is 4.79 Å². The highest BCUT2D eigenvalue weighted by molar-refractivity contribution is 5.58. The van der Waals surface area contributed by atoms with Gasteiger partial charge in [-0.15, -0.1) is 0 Å². The van der Waals surface area contributed by atoms with E-state index >= 15 is 0 Å². The number of carboxylic acid groups (broad SMARTS) is 1. The molecular formula is C5H8O3. The van der Waals surface area contributed by atoms with Crippen LogP contribution in [0, 0.1) is 0 Å². The minimum atomic E-state index is -1.26. The molecule has 0 amide bonds. The van der Waals surface area contributed by atoms with Gasteiger partial charge in [0, 0.05) is 0 Å². The lowest BCUT2D eigenvalue weighted by Crippen LogP contribution is -1.96. The summed E-state index contributed by atoms with van der Waals surface area (Å²) in [5, 5.41) is 7.95. The van der Waals surface area contributed by atoms with Crippen LogP contribution in [-0.2, 0) is 4.74 Å². The maximum atomic E-state index is 9.71. The van der Waals surface area contributed by atoms with Gasteiger partial charge in [-0.3, -0.25) is 0 Å². The van der Waals surface area contributed by atoms with Crippen LogP contribution < -0.4 is 0 Å². The normalized spacial score (nSPS) is 11.0. The zero-order valence-corrected chi connectivity index (χ0v) is 4.84. The fraction of sp³-hybridized carbons (Fsp3) is 0.400. The highest BCUT2D eigenvalue weighted by atomic mass is 16.7. The zero-order chi connectivity index (χ0) is 6.57. The smallest absolute Gasteiger partial charge is 0.449 e. The molecule has 0 saturated heterocycles. The Morgan fingerprint density at radius 2 is 2.25 bits per heavy atom. The van der Waals surface area contributed by atoms with Crippen molar-refractivity contribution in [2.45, 2.75) is 13.8 Å². The van der Waals surface area contributed by atoms with Gasteiger partial charge in [-0.05, 0) is 19.9 Å². The molecule has 0 radical (unpaired) electrons. The summed E-state index contributed by atoms with van der Waals surface area (Å²) in [5.41, 5.74) is 0. The first-order valence-corrected chi connectivity index (χ1v) is 2.20. The Morgan fingerprint density at radius 1 is 1.75 bits per heavy atom. The van der Waals surface area contributed by atoms with Crippen LogP contribution in [0.25, 0.3) is 0 Å². The largest absolute Gasteiger partial charge is 0.510 e. The molecule has 3 heteroatoms. The molecular weight excluding hydrogens is 108 g/mol. The first kappa shape index (κ1) is 7.01. The number of rotatable bonds is 1. The minimum Gasteiger partial charge on any atom is -0.449 e.